The van der Waals surface area contributed by atoms with E-state index in [1.807, 2.05) is 4.90 Å². The number of hydrogen-bond acceptors (Lipinski definition) is 7. The SMILES string of the molecule is CCOC(=O)c1c(NC(=O)c2ccc(N3CCC(C)CC3)c([N+](=O)[O-])c2)sc2c1CCCC2. The molecule has 4 rings (SSSR count). The summed E-state index contributed by atoms with van der Waals surface area (Å²) < 4.78 is 5.24. The highest BCUT2D eigenvalue weighted by Gasteiger charge is 2.29. The minimum atomic E-state index is -0.471. The predicted molar refractivity (Wildman–Crippen MR) is 129 cm³/mol. The summed E-state index contributed by atoms with van der Waals surface area (Å²) in [4.78, 5) is 40.2. The second-order valence-corrected chi connectivity index (χ2v) is 9.82. The topological polar surface area (TPSA) is 102 Å². The van der Waals surface area contributed by atoms with Crippen LogP contribution in [0.3, 0.4) is 0 Å². The van der Waals surface area contributed by atoms with Crippen molar-refractivity contribution in [2.45, 2.75) is 52.4 Å². The molecule has 0 atom stereocenters. The molecule has 33 heavy (non-hydrogen) atoms. The average Bonchev–Trinajstić information content (AvgIpc) is 3.17. The van der Waals surface area contributed by atoms with Crippen LogP contribution in [-0.4, -0.2) is 36.5 Å². The van der Waals surface area contributed by atoms with Crippen LogP contribution >= 0.6 is 11.3 Å². The standard InChI is InChI=1S/C24H29N3O5S/c1-3-32-24(29)21-17-6-4-5-7-20(17)33-23(21)25-22(28)16-8-9-18(19(14-16)27(30)31)26-12-10-15(2)11-13-26/h8-9,14-15H,3-7,10-13H2,1-2H3,(H,25,28). The normalized spacial score (nSPS) is 16.2. The Morgan fingerprint density at radius 1 is 1.24 bits per heavy atom. The molecule has 1 fully saturated rings. The van der Waals surface area contributed by atoms with Crippen molar-refractivity contribution in [3.8, 4) is 0 Å². The van der Waals surface area contributed by atoms with Crippen molar-refractivity contribution in [1.82, 2.24) is 0 Å². The van der Waals surface area contributed by atoms with Crippen LogP contribution in [0.25, 0.3) is 0 Å². The monoisotopic (exact) mass is 471 g/mol. The number of carbonyl (C=O) groups excluding carboxylic acids is 2. The summed E-state index contributed by atoms with van der Waals surface area (Å²) >= 11 is 1.40. The molecule has 1 N–H and O–H groups in total. The Labute approximate surface area is 197 Å². The zero-order valence-corrected chi connectivity index (χ0v) is 19.8. The lowest BCUT2D eigenvalue weighted by Crippen LogP contribution is -2.33. The summed E-state index contributed by atoms with van der Waals surface area (Å²) in [5, 5.41) is 15.1. The fourth-order valence-electron chi connectivity index (χ4n) is 4.58. The molecular formula is C24H29N3O5S. The number of amides is 1. The van der Waals surface area contributed by atoms with Crippen LogP contribution in [-0.2, 0) is 17.6 Å². The molecule has 0 bridgehead atoms. The van der Waals surface area contributed by atoms with Crippen LogP contribution < -0.4 is 10.2 Å². The number of nitrogens with one attached hydrogen (secondary N) is 1. The van der Waals surface area contributed by atoms with E-state index >= 15 is 0 Å². The second kappa shape index (κ2) is 9.91. The number of rotatable bonds is 6. The molecular weight excluding hydrogens is 442 g/mol. The van der Waals surface area contributed by atoms with Gasteiger partial charge in [-0.2, -0.15) is 0 Å². The molecule has 1 aliphatic heterocycles. The van der Waals surface area contributed by atoms with Gasteiger partial charge in [0.05, 0.1) is 17.1 Å². The first kappa shape index (κ1) is 23.2. The second-order valence-electron chi connectivity index (χ2n) is 8.72. The Morgan fingerprint density at radius 2 is 1.97 bits per heavy atom. The first-order valence-corrected chi connectivity index (χ1v) is 12.4. The van der Waals surface area contributed by atoms with E-state index in [2.05, 4.69) is 12.2 Å². The van der Waals surface area contributed by atoms with Gasteiger partial charge in [0.15, 0.2) is 0 Å². The van der Waals surface area contributed by atoms with Crippen molar-refractivity contribution in [1.29, 1.82) is 0 Å². The number of piperidine rings is 1. The van der Waals surface area contributed by atoms with Crippen molar-refractivity contribution in [3.63, 3.8) is 0 Å². The Kier molecular flexibility index (Phi) is 6.97. The molecule has 2 aromatic rings. The van der Waals surface area contributed by atoms with Gasteiger partial charge in [-0.1, -0.05) is 6.92 Å². The van der Waals surface area contributed by atoms with Gasteiger partial charge in [-0.3, -0.25) is 14.9 Å². The molecule has 1 aromatic heterocycles. The molecule has 0 spiro atoms. The highest BCUT2D eigenvalue weighted by Crippen LogP contribution is 2.39. The Morgan fingerprint density at radius 3 is 2.67 bits per heavy atom. The van der Waals surface area contributed by atoms with Crippen molar-refractivity contribution >= 4 is 39.6 Å². The molecule has 1 saturated heterocycles. The van der Waals surface area contributed by atoms with Crippen LogP contribution in [0, 0.1) is 16.0 Å². The molecule has 1 amide bonds. The van der Waals surface area contributed by atoms with Gasteiger partial charge in [0.25, 0.3) is 11.6 Å². The van der Waals surface area contributed by atoms with Crippen molar-refractivity contribution in [2.75, 3.05) is 29.9 Å². The van der Waals surface area contributed by atoms with Crippen LogP contribution in [0.5, 0.6) is 0 Å². The molecule has 1 aromatic carbocycles. The highest BCUT2D eigenvalue weighted by atomic mass is 32.1. The van der Waals surface area contributed by atoms with E-state index in [0.29, 0.717) is 22.2 Å². The number of fused-ring (bicyclic) bond motifs is 1. The van der Waals surface area contributed by atoms with E-state index < -0.39 is 16.8 Å². The first-order chi connectivity index (χ1) is 15.9. The number of nitrogens with zero attached hydrogens (tertiary/aromatic N) is 2. The lowest BCUT2D eigenvalue weighted by molar-refractivity contribution is -0.384. The molecule has 8 nitrogen and oxygen atoms in total. The highest BCUT2D eigenvalue weighted by molar-refractivity contribution is 7.17. The molecule has 0 radical (unpaired) electrons. The van der Waals surface area contributed by atoms with E-state index in [4.69, 9.17) is 4.74 Å². The fraction of sp³-hybridized carbons (Fsp3) is 0.500. The number of ether oxygens (including phenoxy) is 1. The lowest BCUT2D eigenvalue weighted by Gasteiger charge is -2.31. The smallest absolute Gasteiger partial charge is 0.341 e. The third kappa shape index (κ3) is 4.88. The number of benzene rings is 1. The molecule has 2 heterocycles. The van der Waals surface area contributed by atoms with Crippen LogP contribution in [0.15, 0.2) is 18.2 Å². The largest absolute Gasteiger partial charge is 0.462 e. The maximum Gasteiger partial charge on any atom is 0.341 e. The summed E-state index contributed by atoms with van der Waals surface area (Å²) in [5.41, 5.74) is 2.05. The number of thiophene rings is 1. The number of anilines is 2. The third-order valence-electron chi connectivity index (χ3n) is 6.44. The van der Waals surface area contributed by atoms with Crippen molar-refractivity contribution in [2.24, 2.45) is 5.92 Å². The first-order valence-electron chi connectivity index (χ1n) is 11.6. The van der Waals surface area contributed by atoms with E-state index in [1.54, 1.807) is 19.1 Å². The molecule has 1 aliphatic carbocycles. The van der Waals surface area contributed by atoms with E-state index in [9.17, 15) is 19.7 Å². The average molecular weight is 472 g/mol. The maximum atomic E-state index is 13.1. The van der Waals surface area contributed by atoms with Crippen molar-refractivity contribution < 1.29 is 19.2 Å². The van der Waals surface area contributed by atoms with E-state index in [1.165, 1.54) is 17.4 Å². The molecule has 2 aliphatic rings. The minimum Gasteiger partial charge on any atom is -0.462 e. The van der Waals surface area contributed by atoms with Gasteiger partial charge < -0.3 is 15.0 Å². The quantitative estimate of drug-likeness (QED) is 0.353. The van der Waals surface area contributed by atoms with E-state index in [0.717, 1.165) is 62.1 Å². The Hall–Kier alpha value is -2.94. The molecule has 9 heteroatoms. The van der Waals surface area contributed by atoms with Crippen LogP contribution in [0.1, 0.15) is 70.7 Å². The molecule has 0 saturated carbocycles. The van der Waals surface area contributed by atoms with Crippen molar-refractivity contribution in [3.05, 3.63) is 49.9 Å². The summed E-state index contributed by atoms with van der Waals surface area (Å²) in [6, 6.07) is 4.61. The zero-order chi connectivity index (χ0) is 23.5. The molecule has 0 unspecified atom stereocenters. The lowest BCUT2D eigenvalue weighted by atomic mass is 9.95. The van der Waals surface area contributed by atoms with Gasteiger partial charge in [0.1, 0.15) is 10.7 Å². The number of nitro groups is 1. The van der Waals surface area contributed by atoms with E-state index in [-0.39, 0.29) is 17.9 Å². The Balaban J connectivity index is 1.61. The summed E-state index contributed by atoms with van der Waals surface area (Å²) in [5.74, 6) is -0.301. The summed E-state index contributed by atoms with van der Waals surface area (Å²) in [7, 11) is 0. The van der Waals surface area contributed by atoms with Gasteiger partial charge in [-0.15, -0.1) is 11.3 Å². The third-order valence-corrected chi connectivity index (χ3v) is 7.64. The van der Waals surface area contributed by atoms with Crippen LogP contribution in [0.4, 0.5) is 16.4 Å². The van der Waals surface area contributed by atoms with Gasteiger partial charge in [-0.05, 0) is 69.1 Å². The molecule has 176 valence electrons. The predicted octanol–water partition coefficient (Wildman–Crippen LogP) is 5.20. The fourth-order valence-corrected chi connectivity index (χ4v) is 5.85. The number of nitro benzene ring substituents is 1. The minimum absolute atomic E-state index is 0.0757. The van der Waals surface area contributed by atoms with Gasteiger partial charge in [0, 0.05) is 29.6 Å². The summed E-state index contributed by atoms with van der Waals surface area (Å²) in [6.07, 6.45) is 5.66. The van der Waals surface area contributed by atoms with Gasteiger partial charge in [0.2, 0.25) is 0 Å². The Bertz CT molecular complexity index is 1070. The number of hydrogen-bond donors (Lipinski definition) is 1. The zero-order valence-electron chi connectivity index (χ0n) is 19.0. The van der Waals surface area contributed by atoms with Gasteiger partial charge in [-0.25, -0.2) is 4.79 Å². The summed E-state index contributed by atoms with van der Waals surface area (Å²) in [6.45, 7) is 5.71. The number of carbonyl (C=O) groups is 2. The number of esters is 1. The van der Waals surface area contributed by atoms with Gasteiger partial charge >= 0.3 is 5.97 Å². The maximum absolute atomic E-state index is 13.1. The number of aryl methyl sites for hydroxylation is 1. The van der Waals surface area contributed by atoms with Crippen LogP contribution in [0.2, 0.25) is 0 Å².